The molecule has 0 spiro atoms. The van der Waals surface area contributed by atoms with Gasteiger partial charge in [-0.15, -0.1) is 0 Å². The summed E-state index contributed by atoms with van der Waals surface area (Å²) in [6.45, 7) is 0. The molecule has 2 heterocycles. The van der Waals surface area contributed by atoms with Crippen LogP contribution in [0.2, 0.25) is 0 Å². The molecule has 3 aromatic rings. The summed E-state index contributed by atoms with van der Waals surface area (Å²) >= 11 is 6.75. The van der Waals surface area contributed by atoms with Gasteiger partial charge in [-0.05, 0) is 34.1 Å². The second kappa shape index (κ2) is 4.90. The zero-order chi connectivity index (χ0) is 13.4. The third-order valence-electron chi connectivity index (χ3n) is 2.83. The lowest BCUT2D eigenvalue weighted by Crippen LogP contribution is -2.00. The Morgan fingerprint density at radius 2 is 2.00 bits per heavy atom. The fraction of sp³-hybridized carbons (Fsp3) is 0. The smallest absolute Gasteiger partial charge is 0.195 e. The molecule has 0 bridgehead atoms. The van der Waals surface area contributed by atoms with E-state index in [1.54, 1.807) is 18.5 Å². The first kappa shape index (κ1) is 12.6. The number of H-pyrrole nitrogens is 1. The molecule has 2 aromatic heterocycles. The fourth-order valence-electron chi connectivity index (χ4n) is 1.95. The Morgan fingerprint density at radius 3 is 2.79 bits per heavy atom. The zero-order valence-electron chi connectivity index (χ0n) is 9.65. The summed E-state index contributed by atoms with van der Waals surface area (Å²) in [4.78, 5) is 19.7. The molecule has 5 heteroatoms. The fourth-order valence-corrected chi connectivity index (χ4v) is 2.68. The Bertz CT molecular complexity index is 780. The number of pyridine rings is 1. The average Bonchev–Trinajstić information content (AvgIpc) is 2.80. The summed E-state index contributed by atoms with van der Waals surface area (Å²) in [5, 5.41) is 0.819. The Kier molecular flexibility index (Phi) is 3.24. The number of hydrogen-bond donors (Lipinski definition) is 1. The van der Waals surface area contributed by atoms with Crippen molar-refractivity contribution >= 4 is 48.7 Å². The molecule has 0 aliphatic heterocycles. The van der Waals surface area contributed by atoms with Gasteiger partial charge in [0.1, 0.15) is 5.65 Å². The highest BCUT2D eigenvalue weighted by molar-refractivity contribution is 9.10. The maximum absolute atomic E-state index is 12.5. The summed E-state index contributed by atoms with van der Waals surface area (Å²) < 4.78 is 1.74. The van der Waals surface area contributed by atoms with Crippen LogP contribution in [-0.2, 0) is 0 Å². The van der Waals surface area contributed by atoms with Crippen molar-refractivity contribution < 1.29 is 4.79 Å². The summed E-state index contributed by atoms with van der Waals surface area (Å²) in [5.41, 5.74) is 1.98. The predicted octanol–water partition coefficient (Wildman–Crippen LogP) is 4.32. The van der Waals surface area contributed by atoms with Gasteiger partial charge in [0.05, 0.1) is 0 Å². The molecule has 0 aliphatic carbocycles. The lowest BCUT2D eigenvalue weighted by molar-refractivity contribution is 0.104. The predicted molar refractivity (Wildman–Crippen MR) is 81.4 cm³/mol. The van der Waals surface area contributed by atoms with E-state index in [0.29, 0.717) is 16.8 Å². The SMILES string of the molecule is O=C(c1cccc(Br)c1)c1c[nH]c2ncc(Br)cc12. The van der Waals surface area contributed by atoms with E-state index in [0.717, 1.165) is 14.3 Å². The van der Waals surface area contributed by atoms with Crippen LogP contribution in [0.4, 0.5) is 0 Å². The number of nitrogens with one attached hydrogen (secondary N) is 1. The van der Waals surface area contributed by atoms with E-state index in [2.05, 4.69) is 41.8 Å². The van der Waals surface area contributed by atoms with Gasteiger partial charge in [-0.1, -0.05) is 28.1 Å². The van der Waals surface area contributed by atoms with Gasteiger partial charge >= 0.3 is 0 Å². The summed E-state index contributed by atoms with van der Waals surface area (Å²) in [6, 6.07) is 9.25. The number of carbonyl (C=O) groups excluding carboxylic acids is 1. The largest absolute Gasteiger partial charge is 0.345 e. The summed E-state index contributed by atoms with van der Waals surface area (Å²) in [6.07, 6.45) is 3.40. The molecule has 0 saturated carbocycles. The van der Waals surface area contributed by atoms with Crippen molar-refractivity contribution in [3.8, 4) is 0 Å². The molecule has 0 amide bonds. The first-order valence-electron chi connectivity index (χ1n) is 5.58. The molecular formula is C14H8Br2N2O. The van der Waals surface area contributed by atoms with Crippen molar-refractivity contribution in [2.24, 2.45) is 0 Å². The van der Waals surface area contributed by atoms with Crippen LogP contribution in [0.3, 0.4) is 0 Å². The minimum absolute atomic E-state index is 0.0209. The highest BCUT2D eigenvalue weighted by atomic mass is 79.9. The van der Waals surface area contributed by atoms with E-state index in [1.807, 2.05) is 24.3 Å². The number of aromatic amines is 1. The highest BCUT2D eigenvalue weighted by Crippen LogP contribution is 2.23. The lowest BCUT2D eigenvalue weighted by atomic mass is 10.0. The molecule has 3 nitrogen and oxygen atoms in total. The maximum atomic E-state index is 12.5. The van der Waals surface area contributed by atoms with Crippen LogP contribution in [0.5, 0.6) is 0 Å². The standard InChI is InChI=1S/C14H8Br2N2O/c15-9-3-1-2-8(4-9)13(19)12-7-18-14-11(12)5-10(16)6-17-14/h1-7H,(H,17,18). The van der Waals surface area contributed by atoms with E-state index < -0.39 is 0 Å². The minimum atomic E-state index is -0.0209. The van der Waals surface area contributed by atoms with Gasteiger partial charge in [-0.2, -0.15) is 0 Å². The number of fused-ring (bicyclic) bond motifs is 1. The van der Waals surface area contributed by atoms with Gasteiger partial charge in [-0.3, -0.25) is 4.79 Å². The van der Waals surface area contributed by atoms with Crippen molar-refractivity contribution in [1.29, 1.82) is 0 Å². The van der Waals surface area contributed by atoms with Gasteiger partial charge in [0.25, 0.3) is 0 Å². The maximum Gasteiger partial charge on any atom is 0.195 e. The summed E-state index contributed by atoms with van der Waals surface area (Å²) in [7, 11) is 0. The monoisotopic (exact) mass is 378 g/mol. The third-order valence-corrected chi connectivity index (χ3v) is 3.76. The van der Waals surface area contributed by atoms with Crippen LogP contribution < -0.4 is 0 Å². The first-order valence-corrected chi connectivity index (χ1v) is 7.16. The van der Waals surface area contributed by atoms with Crippen LogP contribution in [0.15, 0.2) is 51.7 Å². The van der Waals surface area contributed by atoms with Crippen molar-refractivity contribution in [2.75, 3.05) is 0 Å². The van der Waals surface area contributed by atoms with E-state index in [-0.39, 0.29) is 5.78 Å². The number of ketones is 1. The van der Waals surface area contributed by atoms with Crippen LogP contribution in [-0.4, -0.2) is 15.8 Å². The van der Waals surface area contributed by atoms with Crippen molar-refractivity contribution in [2.45, 2.75) is 0 Å². The Labute approximate surface area is 126 Å². The minimum Gasteiger partial charge on any atom is -0.345 e. The molecule has 0 aliphatic rings. The van der Waals surface area contributed by atoms with E-state index in [1.165, 1.54) is 0 Å². The van der Waals surface area contributed by atoms with Crippen molar-refractivity contribution in [3.05, 3.63) is 62.8 Å². The molecule has 1 N–H and O–H groups in total. The van der Waals surface area contributed by atoms with Crippen LogP contribution in [0.25, 0.3) is 11.0 Å². The van der Waals surface area contributed by atoms with Gasteiger partial charge in [0.15, 0.2) is 5.78 Å². The molecular weight excluding hydrogens is 372 g/mol. The number of carbonyl (C=O) groups is 1. The Morgan fingerprint density at radius 1 is 1.16 bits per heavy atom. The molecule has 1 aromatic carbocycles. The van der Waals surface area contributed by atoms with E-state index in [4.69, 9.17) is 0 Å². The Balaban J connectivity index is 2.14. The molecule has 3 rings (SSSR count). The lowest BCUT2D eigenvalue weighted by Gasteiger charge is -2.00. The van der Waals surface area contributed by atoms with Crippen molar-refractivity contribution in [1.82, 2.24) is 9.97 Å². The first-order chi connectivity index (χ1) is 9.15. The van der Waals surface area contributed by atoms with Crippen LogP contribution in [0.1, 0.15) is 15.9 Å². The van der Waals surface area contributed by atoms with Gasteiger partial charge in [0, 0.05) is 37.9 Å². The van der Waals surface area contributed by atoms with Gasteiger partial charge in [-0.25, -0.2) is 4.98 Å². The molecule has 0 radical (unpaired) electrons. The van der Waals surface area contributed by atoms with Gasteiger partial charge < -0.3 is 4.98 Å². The van der Waals surface area contributed by atoms with Crippen LogP contribution in [0, 0.1) is 0 Å². The number of hydrogen-bond acceptors (Lipinski definition) is 2. The van der Waals surface area contributed by atoms with E-state index >= 15 is 0 Å². The molecule has 0 fully saturated rings. The third kappa shape index (κ3) is 2.35. The number of rotatable bonds is 2. The molecule has 94 valence electrons. The average molecular weight is 380 g/mol. The van der Waals surface area contributed by atoms with Gasteiger partial charge in [0.2, 0.25) is 0 Å². The normalized spacial score (nSPS) is 10.8. The quantitative estimate of drug-likeness (QED) is 0.674. The topological polar surface area (TPSA) is 45.8 Å². The van der Waals surface area contributed by atoms with Crippen LogP contribution >= 0.6 is 31.9 Å². The highest BCUT2D eigenvalue weighted by Gasteiger charge is 2.15. The second-order valence-corrected chi connectivity index (χ2v) is 5.92. The number of halogens is 2. The molecule has 19 heavy (non-hydrogen) atoms. The number of aromatic nitrogens is 2. The van der Waals surface area contributed by atoms with Crippen molar-refractivity contribution in [3.63, 3.8) is 0 Å². The summed E-state index contributed by atoms with van der Waals surface area (Å²) in [5.74, 6) is -0.0209. The number of benzene rings is 1. The Hall–Kier alpha value is -1.46. The molecule has 0 atom stereocenters. The molecule has 0 saturated heterocycles. The van der Waals surface area contributed by atoms with E-state index in [9.17, 15) is 4.79 Å². The number of nitrogens with zero attached hydrogens (tertiary/aromatic N) is 1. The molecule has 0 unspecified atom stereocenters. The zero-order valence-corrected chi connectivity index (χ0v) is 12.8. The second-order valence-electron chi connectivity index (χ2n) is 4.09.